The SMILES string of the molecule is CCc1ccc(CSCC(=O)NC(C)(C)CC)cc1. The standard InChI is InChI=1S/C16H25NOS/c1-5-13-7-9-14(10-8-13)11-19-12-15(18)17-16(3,4)6-2/h7-10H,5-6,11-12H2,1-4H3,(H,17,18). The smallest absolute Gasteiger partial charge is 0.230 e. The van der Waals surface area contributed by atoms with Gasteiger partial charge in [-0.15, -0.1) is 11.8 Å². The summed E-state index contributed by atoms with van der Waals surface area (Å²) in [5.41, 5.74) is 2.54. The van der Waals surface area contributed by atoms with E-state index in [1.54, 1.807) is 11.8 Å². The zero-order valence-corrected chi connectivity index (χ0v) is 13.3. The van der Waals surface area contributed by atoms with Crippen molar-refractivity contribution in [1.82, 2.24) is 5.32 Å². The molecule has 1 N–H and O–H groups in total. The van der Waals surface area contributed by atoms with Crippen molar-refractivity contribution in [3.05, 3.63) is 35.4 Å². The van der Waals surface area contributed by atoms with Crippen LogP contribution in [-0.2, 0) is 17.0 Å². The van der Waals surface area contributed by atoms with Crippen LogP contribution in [0.4, 0.5) is 0 Å². The van der Waals surface area contributed by atoms with Gasteiger partial charge in [0.25, 0.3) is 0 Å². The van der Waals surface area contributed by atoms with Gasteiger partial charge in [0.1, 0.15) is 0 Å². The molecule has 0 radical (unpaired) electrons. The first-order valence-electron chi connectivity index (χ1n) is 6.93. The molecule has 0 spiro atoms. The van der Waals surface area contributed by atoms with Crippen molar-refractivity contribution in [2.75, 3.05) is 5.75 Å². The Morgan fingerprint density at radius 3 is 2.26 bits per heavy atom. The van der Waals surface area contributed by atoms with Gasteiger partial charge in [0.05, 0.1) is 5.75 Å². The van der Waals surface area contributed by atoms with E-state index in [9.17, 15) is 4.79 Å². The summed E-state index contributed by atoms with van der Waals surface area (Å²) < 4.78 is 0. The number of aryl methyl sites for hydroxylation is 1. The van der Waals surface area contributed by atoms with Crippen LogP contribution in [0.15, 0.2) is 24.3 Å². The minimum atomic E-state index is -0.0968. The van der Waals surface area contributed by atoms with E-state index in [0.29, 0.717) is 5.75 Å². The highest BCUT2D eigenvalue weighted by Crippen LogP contribution is 2.14. The number of carbonyl (C=O) groups is 1. The monoisotopic (exact) mass is 279 g/mol. The number of carbonyl (C=O) groups excluding carboxylic acids is 1. The lowest BCUT2D eigenvalue weighted by Crippen LogP contribution is -2.43. The Morgan fingerprint density at radius 2 is 1.74 bits per heavy atom. The maximum absolute atomic E-state index is 11.8. The van der Waals surface area contributed by atoms with Crippen molar-refractivity contribution in [1.29, 1.82) is 0 Å². The van der Waals surface area contributed by atoms with Crippen LogP contribution in [0.1, 0.15) is 45.2 Å². The van der Waals surface area contributed by atoms with Gasteiger partial charge >= 0.3 is 0 Å². The Morgan fingerprint density at radius 1 is 1.16 bits per heavy atom. The van der Waals surface area contributed by atoms with Gasteiger partial charge in [-0.1, -0.05) is 38.1 Å². The maximum Gasteiger partial charge on any atom is 0.230 e. The Bertz CT molecular complexity index is 398. The van der Waals surface area contributed by atoms with Gasteiger partial charge in [0.2, 0.25) is 5.91 Å². The number of nitrogens with one attached hydrogen (secondary N) is 1. The largest absolute Gasteiger partial charge is 0.351 e. The van der Waals surface area contributed by atoms with Crippen molar-refractivity contribution < 1.29 is 4.79 Å². The first-order chi connectivity index (χ1) is 8.96. The third-order valence-electron chi connectivity index (χ3n) is 3.29. The number of amides is 1. The quantitative estimate of drug-likeness (QED) is 0.823. The third-order valence-corrected chi connectivity index (χ3v) is 4.30. The minimum absolute atomic E-state index is 0.0968. The number of benzene rings is 1. The van der Waals surface area contributed by atoms with Gasteiger partial charge in [-0.05, 0) is 37.8 Å². The van der Waals surface area contributed by atoms with Crippen molar-refractivity contribution in [2.24, 2.45) is 0 Å². The molecule has 106 valence electrons. The summed E-state index contributed by atoms with van der Waals surface area (Å²) in [6.07, 6.45) is 2.02. The highest BCUT2D eigenvalue weighted by Gasteiger charge is 2.17. The van der Waals surface area contributed by atoms with Gasteiger partial charge < -0.3 is 5.32 Å². The average molecular weight is 279 g/mol. The molecule has 0 aliphatic rings. The Kier molecular flexibility index (Phi) is 6.43. The van der Waals surface area contributed by atoms with Crippen LogP contribution >= 0.6 is 11.8 Å². The summed E-state index contributed by atoms with van der Waals surface area (Å²) in [5, 5.41) is 3.05. The lowest BCUT2D eigenvalue weighted by Gasteiger charge is -2.24. The lowest BCUT2D eigenvalue weighted by molar-refractivity contribution is -0.120. The summed E-state index contributed by atoms with van der Waals surface area (Å²) in [6, 6.07) is 8.63. The topological polar surface area (TPSA) is 29.1 Å². The molecule has 1 aromatic carbocycles. The van der Waals surface area contributed by atoms with Crippen LogP contribution in [0, 0.1) is 0 Å². The normalized spacial score (nSPS) is 11.4. The van der Waals surface area contributed by atoms with Gasteiger partial charge in [-0.2, -0.15) is 0 Å². The molecule has 0 aliphatic heterocycles. The third kappa shape index (κ3) is 6.15. The van der Waals surface area contributed by atoms with Crippen LogP contribution in [0.2, 0.25) is 0 Å². The number of rotatable bonds is 7. The molecule has 0 fully saturated rings. The maximum atomic E-state index is 11.8. The summed E-state index contributed by atoms with van der Waals surface area (Å²) in [6.45, 7) is 8.35. The fourth-order valence-electron chi connectivity index (χ4n) is 1.63. The molecule has 0 atom stereocenters. The van der Waals surface area contributed by atoms with Gasteiger partial charge in [0.15, 0.2) is 0 Å². The molecular weight excluding hydrogens is 254 g/mol. The van der Waals surface area contributed by atoms with Crippen LogP contribution in [0.5, 0.6) is 0 Å². The molecule has 3 heteroatoms. The lowest BCUT2D eigenvalue weighted by atomic mass is 10.0. The molecule has 0 unspecified atom stereocenters. The molecule has 1 rings (SSSR count). The van der Waals surface area contributed by atoms with E-state index < -0.39 is 0 Å². The van der Waals surface area contributed by atoms with E-state index in [0.717, 1.165) is 18.6 Å². The Balaban J connectivity index is 2.31. The van der Waals surface area contributed by atoms with E-state index >= 15 is 0 Å². The van der Waals surface area contributed by atoms with Gasteiger partial charge in [-0.3, -0.25) is 4.79 Å². The van der Waals surface area contributed by atoms with Crippen molar-refractivity contribution in [3.8, 4) is 0 Å². The predicted molar refractivity (Wildman–Crippen MR) is 84.5 cm³/mol. The first-order valence-corrected chi connectivity index (χ1v) is 8.09. The molecule has 2 nitrogen and oxygen atoms in total. The summed E-state index contributed by atoms with van der Waals surface area (Å²) >= 11 is 1.67. The van der Waals surface area contributed by atoms with Crippen LogP contribution in [-0.4, -0.2) is 17.2 Å². The molecule has 19 heavy (non-hydrogen) atoms. The zero-order valence-electron chi connectivity index (χ0n) is 12.5. The van der Waals surface area contributed by atoms with Gasteiger partial charge in [0, 0.05) is 11.3 Å². The Labute approximate surface area is 121 Å². The molecule has 1 amide bonds. The molecule has 0 saturated carbocycles. The highest BCUT2D eigenvalue weighted by molar-refractivity contribution is 7.99. The van der Waals surface area contributed by atoms with Crippen molar-refractivity contribution >= 4 is 17.7 Å². The van der Waals surface area contributed by atoms with E-state index in [2.05, 4.69) is 57.3 Å². The van der Waals surface area contributed by atoms with Crippen LogP contribution < -0.4 is 5.32 Å². The molecule has 0 heterocycles. The van der Waals surface area contributed by atoms with E-state index in [1.165, 1.54) is 11.1 Å². The van der Waals surface area contributed by atoms with E-state index in [1.807, 2.05) is 0 Å². The highest BCUT2D eigenvalue weighted by atomic mass is 32.2. The Hall–Kier alpha value is -0.960. The fraction of sp³-hybridized carbons (Fsp3) is 0.562. The molecule has 0 bridgehead atoms. The minimum Gasteiger partial charge on any atom is -0.351 e. The van der Waals surface area contributed by atoms with Crippen molar-refractivity contribution in [2.45, 2.75) is 51.8 Å². The molecule has 0 saturated heterocycles. The number of hydrogen-bond donors (Lipinski definition) is 1. The number of thioether (sulfide) groups is 1. The second kappa shape index (κ2) is 7.59. The second-order valence-electron chi connectivity index (χ2n) is 5.45. The predicted octanol–water partition coefficient (Wildman–Crippen LogP) is 3.79. The van der Waals surface area contributed by atoms with Crippen molar-refractivity contribution in [3.63, 3.8) is 0 Å². The molecule has 0 aliphatic carbocycles. The first kappa shape index (κ1) is 16.1. The second-order valence-corrected chi connectivity index (χ2v) is 6.43. The molecular formula is C16H25NOS. The van der Waals surface area contributed by atoms with Crippen LogP contribution in [0.3, 0.4) is 0 Å². The summed E-state index contributed by atoms with van der Waals surface area (Å²) in [4.78, 5) is 11.8. The fourth-order valence-corrected chi connectivity index (χ4v) is 2.42. The summed E-state index contributed by atoms with van der Waals surface area (Å²) in [7, 11) is 0. The van der Waals surface area contributed by atoms with Crippen LogP contribution in [0.25, 0.3) is 0 Å². The zero-order chi connectivity index (χ0) is 14.3. The van der Waals surface area contributed by atoms with Gasteiger partial charge in [-0.25, -0.2) is 0 Å². The molecule has 0 aromatic heterocycles. The average Bonchev–Trinajstić information content (AvgIpc) is 2.39. The van der Waals surface area contributed by atoms with E-state index in [-0.39, 0.29) is 11.4 Å². The summed E-state index contributed by atoms with van der Waals surface area (Å²) in [5.74, 6) is 1.55. The number of hydrogen-bond acceptors (Lipinski definition) is 2. The van der Waals surface area contributed by atoms with E-state index in [4.69, 9.17) is 0 Å². The molecule has 1 aromatic rings.